The van der Waals surface area contributed by atoms with Crippen LogP contribution in [0.1, 0.15) is 64.7 Å². The summed E-state index contributed by atoms with van der Waals surface area (Å²) >= 11 is 0. The van der Waals surface area contributed by atoms with E-state index in [-0.39, 0.29) is 36.8 Å². The number of piperidine rings is 2. The number of likely N-dealkylation sites (tertiary alicyclic amines) is 1. The first-order chi connectivity index (χ1) is 16.0. The minimum Gasteiger partial charge on any atom is -0.394 e. The lowest BCUT2D eigenvalue weighted by atomic mass is 9.87. The van der Waals surface area contributed by atoms with E-state index in [2.05, 4.69) is 28.4 Å². The molecule has 172 valence electrons. The third kappa shape index (κ3) is 4.18. The summed E-state index contributed by atoms with van der Waals surface area (Å²) in [5.74, 6) is -0.377. The van der Waals surface area contributed by atoms with Gasteiger partial charge in [0.25, 0.3) is 5.91 Å². The first-order valence-electron chi connectivity index (χ1n) is 11.7. The summed E-state index contributed by atoms with van der Waals surface area (Å²) in [7, 11) is 0. The summed E-state index contributed by atoms with van der Waals surface area (Å²) in [5.41, 5.74) is 3.99. The maximum absolute atomic E-state index is 12.9. The molecule has 0 aromatic heterocycles. The van der Waals surface area contributed by atoms with E-state index in [1.54, 1.807) is 4.90 Å². The molecule has 33 heavy (non-hydrogen) atoms. The summed E-state index contributed by atoms with van der Waals surface area (Å²) in [6, 6.07) is 15.7. The Bertz CT molecular complexity index is 1060. The third-order valence-corrected chi connectivity index (χ3v) is 7.35. The van der Waals surface area contributed by atoms with E-state index in [1.807, 2.05) is 30.3 Å². The highest BCUT2D eigenvalue weighted by Crippen LogP contribution is 2.35. The molecule has 0 saturated carbocycles. The van der Waals surface area contributed by atoms with Crippen LogP contribution in [0.3, 0.4) is 0 Å². The van der Waals surface area contributed by atoms with Crippen molar-refractivity contribution in [3.05, 3.63) is 70.8 Å². The summed E-state index contributed by atoms with van der Waals surface area (Å²) in [5, 5.41) is 12.3. The van der Waals surface area contributed by atoms with Crippen molar-refractivity contribution in [1.82, 2.24) is 15.1 Å². The van der Waals surface area contributed by atoms with Gasteiger partial charge in [-0.3, -0.25) is 24.6 Å². The second-order valence-corrected chi connectivity index (χ2v) is 9.24. The molecule has 7 nitrogen and oxygen atoms in total. The molecular weight excluding hydrogens is 418 g/mol. The summed E-state index contributed by atoms with van der Waals surface area (Å²) < 4.78 is 0. The number of benzene rings is 2. The van der Waals surface area contributed by atoms with Crippen LogP contribution in [0, 0.1) is 0 Å². The predicted molar refractivity (Wildman–Crippen MR) is 122 cm³/mol. The van der Waals surface area contributed by atoms with E-state index >= 15 is 0 Å². The molecule has 2 aromatic carbocycles. The number of aliphatic hydroxyl groups excluding tert-OH is 1. The molecule has 2 fully saturated rings. The fourth-order valence-corrected chi connectivity index (χ4v) is 5.50. The van der Waals surface area contributed by atoms with Gasteiger partial charge in [0.05, 0.1) is 12.6 Å². The van der Waals surface area contributed by atoms with Crippen LogP contribution in [0.25, 0.3) is 0 Å². The Balaban J connectivity index is 1.26. The highest BCUT2D eigenvalue weighted by atomic mass is 16.3. The van der Waals surface area contributed by atoms with E-state index in [1.165, 1.54) is 5.56 Å². The second-order valence-electron chi connectivity index (χ2n) is 9.24. The van der Waals surface area contributed by atoms with Gasteiger partial charge in [-0.05, 0) is 61.0 Å². The lowest BCUT2D eigenvalue weighted by molar-refractivity contribution is -0.136. The Labute approximate surface area is 193 Å². The molecule has 2 saturated heterocycles. The zero-order valence-electron chi connectivity index (χ0n) is 18.6. The average Bonchev–Trinajstić information content (AvgIpc) is 3.16. The SMILES string of the molecule is O=C1CCC(N2Cc3cc(C4CCN([C@@H](CO)c5ccccc5)CC4)ccc3C2=O)C(=O)N1. The van der Waals surface area contributed by atoms with E-state index in [0.29, 0.717) is 24.4 Å². The standard InChI is InChI=1S/C26H29N3O4/c30-16-23(18-4-2-1-3-5-18)28-12-10-17(11-13-28)19-6-7-21-20(14-19)15-29(26(21)33)22-8-9-24(31)27-25(22)32/h1-7,14,17,22-23,30H,8-13,15-16H2,(H,27,31,32)/t22?,23-/m0/s1. The minimum absolute atomic E-state index is 0.0203. The number of nitrogens with one attached hydrogen (secondary N) is 1. The molecule has 5 rings (SSSR count). The zero-order valence-corrected chi connectivity index (χ0v) is 18.6. The number of hydrogen-bond acceptors (Lipinski definition) is 5. The number of carbonyl (C=O) groups is 3. The molecule has 1 unspecified atom stereocenters. The van der Waals surface area contributed by atoms with Crippen molar-refractivity contribution >= 4 is 17.7 Å². The van der Waals surface area contributed by atoms with Crippen molar-refractivity contribution in [2.24, 2.45) is 0 Å². The number of rotatable bonds is 5. The number of fused-ring (bicyclic) bond motifs is 1. The van der Waals surface area contributed by atoms with Crippen LogP contribution < -0.4 is 5.32 Å². The molecule has 0 bridgehead atoms. The molecule has 3 heterocycles. The second kappa shape index (κ2) is 9.08. The van der Waals surface area contributed by atoms with Crippen LogP contribution >= 0.6 is 0 Å². The molecule has 0 aliphatic carbocycles. The number of amides is 3. The third-order valence-electron chi connectivity index (χ3n) is 7.35. The molecule has 2 N–H and O–H groups in total. The largest absolute Gasteiger partial charge is 0.394 e. The summed E-state index contributed by atoms with van der Waals surface area (Å²) in [6.45, 7) is 2.33. The van der Waals surface area contributed by atoms with Crippen molar-refractivity contribution < 1.29 is 19.5 Å². The van der Waals surface area contributed by atoms with Gasteiger partial charge in [0.2, 0.25) is 11.8 Å². The van der Waals surface area contributed by atoms with Crippen molar-refractivity contribution in [1.29, 1.82) is 0 Å². The average molecular weight is 448 g/mol. The van der Waals surface area contributed by atoms with Crippen molar-refractivity contribution in [3.63, 3.8) is 0 Å². The van der Waals surface area contributed by atoms with Gasteiger partial charge in [-0.25, -0.2) is 0 Å². The first-order valence-corrected chi connectivity index (χ1v) is 11.7. The van der Waals surface area contributed by atoms with Gasteiger partial charge >= 0.3 is 0 Å². The number of aliphatic hydroxyl groups is 1. The molecule has 3 aliphatic heterocycles. The van der Waals surface area contributed by atoms with Crippen LogP contribution in [0.2, 0.25) is 0 Å². The Kier molecular flexibility index (Phi) is 6.00. The van der Waals surface area contributed by atoms with E-state index in [9.17, 15) is 19.5 Å². The van der Waals surface area contributed by atoms with Crippen LogP contribution in [0.4, 0.5) is 0 Å². The Morgan fingerprint density at radius 3 is 2.45 bits per heavy atom. The van der Waals surface area contributed by atoms with Gasteiger partial charge in [0.15, 0.2) is 0 Å². The highest BCUT2D eigenvalue weighted by Gasteiger charge is 2.39. The van der Waals surface area contributed by atoms with Gasteiger partial charge in [0.1, 0.15) is 6.04 Å². The van der Waals surface area contributed by atoms with E-state index < -0.39 is 6.04 Å². The molecule has 2 aromatic rings. The van der Waals surface area contributed by atoms with Crippen LogP contribution in [-0.2, 0) is 16.1 Å². The maximum atomic E-state index is 12.9. The summed E-state index contributed by atoms with van der Waals surface area (Å²) in [6.07, 6.45) is 2.63. The molecule has 0 spiro atoms. The normalized spacial score (nSPS) is 22.9. The predicted octanol–water partition coefficient (Wildman–Crippen LogP) is 2.36. The van der Waals surface area contributed by atoms with E-state index in [0.717, 1.165) is 37.1 Å². The molecular formula is C26H29N3O4. The molecule has 7 heteroatoms. The van der Waals surface area contributed by atoms with Crippen molar-refractivity contribution in [2.75, 3.05) is 19.7 Å². The van der Waals surface area contributed by atoms with Gasteiger partial charge in [0, 0.05) is 18.5 Å². The van der Waals surface area contributed by atoms with Crippen LogP contribution in [0.15, 0.2) is 48.5 Å². The fraction of sp³-hybridized carbons (Fsp3) is 0.423. The van der Waals surface area contributed by atoms with Gasteiger partial charge in [-0.1, -0.05) is 42.5 Å². The topological polar surface area (TPSA) is 90.0 Å². The van der Waals surface area contributed by atoms with Crippen molar-refractivity contribution in [2.45, 2.75) is 50.2 Å². The molecule has 3 amide bonds. The van der Waals surface area contributed by atoms with Crippen molar-refractivity contribution in [3.8, 4) is 0 Å². The zero-order chi connectivity index (χ0) is 22.9. The fourth-order valence-electron chi connectivity index (χ4n) is 5.50. The lowest BCUT2D eigenvalue weighted by Crippen LogP contribution is -2.52. The smallest absolute Gasteiger partial charge is 0.255 e. The quantitative estimate of drug-likeness (QED) is 0.687. The molecule has 2 atom stereocenters. The molecule has 3 aliphatic rings. The van der Waals surface area contributed by atoms with Gasteiger partial charge in [-0.15, -0.1) is 0 Å². The number of imide groups is 1. The molecule has 0 radical (unpaired) electrons. The Morgan fingerprint density at radius 1 is 1.00 bits per heavy atom. The van der Waals surface area contributed by atoms with Gasteiger partial charge in [-0.2, -0.15) is 0 Å². The van der Waals surface area contributed by atoms with Crippen LogP contribution in [-0.4, -0.2) is 58.4 Å². The number of nitrogens with zero attached hydrogens (tertiary/aromatic N) is 2. The minimum atomic E-state index is -0.581. The maximum Gasteiger partial charge on any atom is 0.255 e. The number of hydrogen-bond donors (Lipinski definition) is 2. The highest BCUT2D eigenvalue weighted by molar-refractivity contribution is 6.05. The Hall–Kier alpha value is -3.03. The monoisotopic (exact) mass is 447 g/mol. The first kappa shape index (κ1) is 21.8. The number of carbonyl (C=O) groups excluding carboxylic acids is 3. The lowest BCUT2D eigenvalue weighted by Gasteiger charge is -2.37. The Morgan fingerprint density at radius 2 is 1.76 bits per heavy atom. The van der Waals surface area contributed by atoms with E-state index in [4.69, 9.17) is 0 Å². The summed E-state index contributed by atoms with van der Waals surface area (Å²) in [4.78, 5) is 40.6. The van der Waals surface area contributed by atoms with Gasteiger partial charge < -0.3 is 10.0 Å². The van der Waals surface area contributed by atoms with Crippen LogP contribution in [0.5, 0.6) is 0 Å².